The number of phenols is 10. The van der Waals surface area contributed by atoms with Crippen molar-refractivity contribution in [2.75, 3.05) is 54.5 Å². The molecule has 2 atom stereocenters. The number of ether oxygens (including phenoxy) is 2. The van der Waals surface area contributed by atoms with Crippen LogP contribution in [0.2, 0.25) is 0 Å². The summed E-state index contributed by atoms with van der Waals surface area (Å²) < 4.78 is 12.6. The molecule has 282 valence electrons. The Balaban J connectivity index is 1.96. The second-order valence-electron chi connectivity index (χ2n) is 11.7. The van der Waals surface area contributed by atoms with Crippen LogP contribution in [-0.2, 0) is 34.6 Å². The van der Waals surface area contributed by atoms with Gasteiger partial charge < -0.3 is 75.7 Å². The molecule has 0 aliphatic carbocycles. The van der Waals surface area contributed by atoms with Crippen LogP contribution in [0.4, 0.5) is 0 Å². The largest absolute Gasteiger partial charge is 0.504 e. The van der Waals surface area contributed by atoms with Crippen molar-refractivity contribution in [3.8, 4) is 57.5 Å². The molecule has 3 aromatic rings. The molecule has 0 saturated carbocycles. The van der Waals surface area contributed by atoms with Gasteiger partial charge in [-0.1, -0.05) is 6.08 Å². The summed E-state index contributed by atoms with van der Waals surface area (Å²) in [5, 5.41) is 136. The van der Waals surface area contributed by atoms with Gasteiger partial charge in [-0.3, -0.25) is 14.6 Å². The number of aliphatic hydroxyl groups is 2. The number of likely N-dealkylation sites (N-methyl/N-ethyl adjacent to an activating group) is 3. The molecule has 20 nitrogen and oxygen atoms in total. The lowest BCUT2D eigenvalue weighted by Crippen LogP contribution is -2.39. The third kappa shape index (κ3) is 7.41. The summed E-state index contributed by atoms with van der Waals surface area (Å²) in [5.41, 5.74) is -1.93. The quantitative estimate of drug-likeness (QED) is 0.0304. The van der Waals surface area contributed by atoms with Gasteiger partial charge in [0.1, 0.15) is 16.8 Å². The Morgan fingerprint density at radius 1 is 0.765 bits per heavy atom. The molecule has 1 aromatic heterocycles. The minimum Gasteiger partial charge on any atom is -0.504 e. The first kappa shape index (κ1) is 40.1. The van der Waals surface area contributed by atoms with Crippen LogP contribution in [0.3, 0.4) is 0 Å². The van der Waals surface area contributed by atoms with Crippen molar-refractivity contribution in [3.63, 3.8) is 0 Å². The van der Waals surface area contributed by atoms with Gasteiger partial charge in [0.15, 0.2) is 23.0 Å². The lowest BCUT2D eigenvalue weighted by Gasteiger charge is -2.35. The van der Waals surface area contributed by atoms with E-state index in [0.717, 1.165) is 9.69 Å². The van der Waals surface area contributed by atoms with E-state index in [9.17, 15) is 61.3 Å². The first-order valence-electron chi connectivity index (χ1n) is 15.0. The molecule has 0 radical (unpaired) electrons. The van der Waals surface area contributed by atoms with E-state index in [2.05, 4.69) is 16.9 Å². The van der Waals surface area contributed by atoms with Crippen molar-refractivity contribution in [3.05, 3.63) is 40.4 Å². The van der Waals surface area contributed by atoms with Gasteiger partial charge in [0.05, 0.1) is 24.6 Å². The van der Waals surface area contributed by atoms with Crippen molar-refractivity contribution >= 4 is 6.72 Å². The van der Waals surface area contributed by atoms with E-state index in [4.69, 9.17) is 9.47 Å². The highest BCUT2D eigenvalue weighted by Gasteiger charge is 2.46. The Hall–Kier alpha value is -5.38. The molecular weight excluding hydrogens is 680 g/mol. The molecule has 3 rings (SSSR count). The molecule has 0 aliphatic heterocycles. The average Bonchev–Trinajstić information content (AvgIpc) is 3.44. The van der Waals surface area contributed by atoms with Gasteiger partial charge in [-0.2, -0.15) is 10.2 Å². The van der Waals surface area contributed by atoms with Crippen molar-refractivity contribution < 1.29 is 70.8 Å². The number of hydrogen-bond acceptors (Lipinski definition) is 19. The minimum atomic E-state index is -2.80. The molecule has 0 bridgehead atoms. The second-order valence-corrected chi connectivity index (χ2v) is 11.7. The van der Waals surface area contributed by atoms with E-state index in [1.165, 1.54) is 33.2 Å². The molecule has 0 aliphatic rings. The molecule has 2 unspecified atom stereocenters. The van der Waals surface area contributed by atoms with Gasteiger partial charge in [-0.25, -0.2) is 0 Å². The molecule has 0 fully saturated rings. The number of phenolic OH excluding ortho intramolecular Hbond substituents is 10. The van der Waals surface area contributed by atoms with Crippen molar-refractivity contribution in [1.82, 2.24) is 24.6 Å². The number of hydrazone groups is 1. The topological polar surface area (TPSA) is 301 Å². The maximum Gasteiger partial charge on any atom is 0.244 e. The first-order chi connectivity index (χ1) is 23.7. The van der Waals surface area contributed by atoms with Gasteiger partial charge in [0.25, 0.3) is 0 Å². The summed E-state index contributed by atoms with van der Waals surface area (Å²) in [4.78, 5) is 3.32. The summed E-state index contributed by atoms with van der Waals surface area (Å²) in [6.07, 6.45) is 1.29. The Morgan fingerprint density at radius 3 is 1.67 bits per heavy atom. The Labute approximate surface area is 291 Å². The summed E-state index contributed by atoms with van der Waals surface area (Å²) in [7, 11) is 7.79. The molecule has 0 amide bonds. The summed E-state index contributed by atoms with van der Waals surface area (Å²) in [6, 6.07) is 1.34. The maximum absolute atomic E-state index is 11.9. The number of hydrogen-bond donors (Lipinski definition) is 12. The normalized spacial score (nSPS) is 14.5. The molecule has 0 saturated heterocycles. The fourth-order valence-corrected chi connectivity index (χ4v) is 5.24. The fourth-order valence-electron chi connectivity index (χ4n) is 5.24. The number of aromatic nitrogens is 2. The highest BCUT2D eigenvalue weighted by atomic mass is 16.6. The van der Waals surface area contributed by atoms with Crippen LogP contribution in [0.1, 0.15) is 29.4 Å². The predicted molar refractivity (Wildman–Crippen MR) is 177 cm³/mol. The van der Waals surface area contributed by atoms with Gasteiger partial charge in [-0.15, -0.1) is 0 Å². The highest BCUT2D eigenvalue weighted by Crippen LogP contribution is 2.57. The van der Waals surface area contributed by atoms with E-state index in [-0.39, 0.29) is 49.9 Å². The number of aromatic hydroxyl groups is 10. The first-order valence-corrected chi connectivity index (χ1v) is 15.0. The predicted octanol–water partition coefficient (Wildman–Crippen LogP) is -0.00740. The van der Waals surface area contributed by atoms with Gasteiger partial charge >= 0.3 is 0 Å². The van der Waals surface area contributed by atoms with Crippen LogP contribution in [0.25, 0.3) is 0 Å². The molecule has 2 aromatic carbocycles. The van der Waals surface area contributed by atoms with Gasteiger partial charge in [0.2, 0.25) is 46.1 Å². The zero-order valence-corrected chi connectivity index (χ0v) is 28.8. The number of benzene rings is 2. The number of nitrogens with zero attached hydrogens (tertiary/aromatic N) is 6. The van der Waals surface area contributed by atoms with Crippen LogP contribution in [0.5, 0.6) is 57.5 Å². The Kier molecular flexibility index (Phi) is 12.0. The van der Waals surface area contributed by atoms with E-state index < -0.39 is 80.2 Å². The zero-order chi connectivity index (χ0) is 38.7. The Bertz CT molecular complexity index is 1740. The summed E-state index contributed by atoms with van der Waals surface area (Å²) in [6.45, 7) is 4.49. The molecule has 51 heavy (non-hydrogen) atoms. The second kappa shape index (κ2) is 15.2. The molecular formula is C31H44N6O14. The third-order valence-electron chi connectivity index (χ3n) is 7.94. The van der Waals surface area contributed by atoms with Crippen LogP contribution in [0, 0.1) is 0 Å². The van der Waals surface area contributed by atoms with Crippen molar-refractivity contribution in [1.29, 1.82) is 0 Å². The number of rotatable bonds is 16. The smallest absolute Gasteiger partial charge is 0.244 e. The van der Waals surface area contributed by atoms with E-state index >= 15 is 0 Å². The number of aryl methyl sites for hydroxylation is 1. The lowest BCUT2D eigenvalue weighted by molar-refractivity contribution is -0.198. The van der Waals surface area contributed by atoms with E-state index in [0.29, 0.717) is 0 Å². The van der Waals surface area contributed by atoms with Crippen molar-refractivity contribution in [2.45, 2.75) is 25.0 Å². The highest BCUT2D eigenvalue weighted by molar-refractivity contribution is 5.70. The van der Waals surface area contributed by atoms with Crippen LogP contribution < -0.4 is 0 Å². The number of allylic oxidation sites excluding steroid dienone is 1. The van der Waals surface area contributed by atoms with Crippen LogP contribution >= 0.6 is 0 Å². The summed E-state index contributed by atoms with van der Waals surface area (Å²) in [5.74, 6) is -17.7. The third-order valence-corrected chi connectivity index (χ3v) is 7.94. The molecule has 0 spiro atoms. The lowest BCUT2D eigenvalue weighted by atomic mass is 9.97. The van der Waals surface area contributed by atoms with E-state index in [1.54, 1.807) is 30.9 Å². The van der Waals surface area contributed by atoms with Gasteiger partial charge in [0, 0.05) is 40.4 Å². The van der Waals surface area contributed by atoms with E-state index in [1.807, 2.05) is 0 Å². The maximum atomic E-state index is 11.9. The Morgan fingerprint density at radius 2 is 1.22 bits per heavy atom. The monoisotopic (exact) mass is 724 g/mol. The SMILES string of the molecule is C=NN(C)C(=CC)C(O)(OCCN(C)Cc1cc(C(O)(OCCN(C)C)c2c(O)c(O)c(O)c(O)c2O)n(C)n1)c1c(O)c(O)c(O)c(O)c1O. The molecule has 12 N–H and O–H groups in total. The minimum absolute atomic E-state index is 0.00925. The summed E-state index contributed by atoms with van der Waals surface area (Å²) >= 11 is 0. The van der Waals surface area contributed by atoms with Crippen molar-refractivity contribution in [2.24, 2.45) is 12.1 Å². The zero-order valence-electron chi connectivity index (χ0n) is 28.8. The van der Waals surface area contributed by atoms with Crippen LogP contribution in [0.15, 0.2) is 22.9 Å². The van der Waals surface area contributed by atoms with Gasteiger partial charge in [-0.05, 0) is 34.1 Å². The standard InChI is InChI=1S/C31H44N6O14/c1-8-16(36(6)32-2)30(48,18-20(38)24(42)28(46)25(43)21(18)39)51-12-10-35(5)14-15-13-17(37(7)33-15)31(49,50-11-9-34(3)4)19-22(40)26(44)29(47)27(45)23(19)41/h8,13,38-49H,2,9-12,14H2,1,3-7H3. The fraction of sp³-hybridized carbons (Fsp3) is 0.419. The van der Waals surface area contributed by atoms with Crippen LogP contribution in [-0.4, -0.2) is 147 Å². The molecule has 1 heterocycles. The average molecular weight is 725 g/mol. The molecule has 20 heteroatoms.